The van der Waals surface area contributed by atoms with Crippen LogP contribution in [-0.4, -0.2) is 6.61 Å². The summed E-state index contributed by atoms with van der Waals surface area (Å²) in [4.78, 5) is 0. The highest BCUT2D eigenvalue weighted by atomic mass is 19.1. The summed E-state index contributed by atoms with van der Waals surface area (Å²) in [7, 11) is 0. The average Bonchev–Trinajstić information content (AvgIpc) is 2.46. The van der Waals surface area contributed by atoms with Crippen LogP contribution in [0.4, 0.5) is 14.5 Å². The molecule has 2 aromatic rings. The number of nitrogens with one attached hydrogen (secondary N) is 1. The zero-order valence-electron chi connectivity index (χ0n) is 10.6. The second kappa shape index (κ2) is 6.53. The van der Waals surface area contributed by atoms with E-state index in [1.54, 1.807) is 24.3 Å². The number of benzene rings is 2. The Morgan fingerprint density at radius 2 is 1.70 bits per heavy atom. The van der Waals surface area contributed by atoms with Gasteiger partial charge in [-0.1, -0.05) is 6.07 Å². The number of anilines is 1. The van der Waals surface area contributed by atoms with E-state index < -0.39 is 11.6 Å². The molecule has 0 saturated carbocycles. The Labute approximate surface area is 115 Å². The van der Waals surface area contributed by atoms with Crippen LogP contribution in [0, 0.1) is 23.0 Å². The molecular weight excluding hydrogens is 262 g/mol. The first-order valence-electron chi connectivity index (χ1n) is 5.97. The number of nitrogens with zero attached hydrogens (tertiary/aromatic N) is 1. The highest BCUT2D eigenvalue weighted by molar-refractivity contribution is 5.47. The lowest BCUT2D eigenvalue weighted by Gasteiger charge is -2.09. The molecule has 3 nitrogen and oxygen atoms in total. The Balaban J connectivity index is 1.99. The van der Waals surface area contributed by atoms with Gasteiger partial charge in [-0.2, -0.15) is 5.26 Å². The van der Waals surface area contributed by atoms with Gasteiger partial charge in [0.1, 0.15) is 23.5 Å². The Hall–Kier alpha value is -2.61. The van der Waals surface area contributed by atoms with Crippen molar-refractivity contribution in [3.8, 4) is 11.8 Å². The van der Waals surface area contributed by atoms with Gasteiger partial charge in [0.25, 0.3) is 0 Å². The summed E-state index contributed by atoms with van der Waals surface area (Å²) in [5.74, 6) is -0.591. The minimum Gasteiger partial charge on any atom is -0.479 e. The van der Waals surface area contributed by atoms with E-state index in [-0.39, 0.29) is 18.7 Å². The van der Waals surface area contributed by atoms with Gasteiger partial charge in [-0.3, -0.25) is 0 Å². The quantitative estimate of drug-likeness (QED) is 0.907. The summed E-state index contributed by atoms with van der Waals surface area (Å²) >= 11 is 0. The van der Waals surface area contributed by atoms with Crippen LogP contribution < -0.4 is 10.1 Å². The molecule has 2 aromatic carbocycles. The topological polar surface area (TPSA) is 45.0 Å². The molecule has 0 amide bonds. The van der Waals surface area contributed by atoms with Crippen molar-refractivity contribution in [1.29, 1.82) is 5.26 Å². The minimum absolute atomic E-state index is 0.00249. The van der Waals surface area contributed by atoms with Crippen LogP contribution >= 0.6 is 0 Å². The van der Waals surface area contributed by atoms with Crippen molar-refractivity contribution in [1.82, 2.24) is 0 Å². The molecule has 5 heteroatoms. The van der Waals surface area contributed by atoms with E-state index in [0.717, 1.165) is 0 Å². The lowest BCUT2D eigenvalue weighted by atomic mass is 10.2. The second-order valence-electron chi connectivity index (χ2n) is 4.02. The van der Waals surface area contributed by atoms with Gasteiger partial charge in [0.05, 0.1) is 0 Å². The zero-order chi connectivity index (χ0) is 14.4. The normalized spacial score (nSPS) is 9.85. The fourth-order valence-corrected chi connectivity index (χ4v) is 1.68. The predicted octanol–water partition coefficient (Wildman–Crippen LogP) is 3.48. The number of ether oxygens (including phenoxy) is 1. The lowest BCUT2D eigenvalue weighted by Crippen LogP contribution is -2.04. The van der Waals surface area contributed by atoms with Gasteiger partial charge < -0.3 is 10.1 Å². The smallest absolute Gasteiger partial charge is 0.174 e. The van der Waals surface area contributed by atoms with Crippen molar-refractivity contribution in [2.24, 2.45) is 0 Å². The average molecular weight is 274 g/mol. The monoisotopic (exact) mass is 274 g/mol. The molecule has 0 atom stereocenters. The van der Waals surface area contributed by atoms with E-state index in [1.807, 2.05) is 6.07 Å². The van der Waals surface area contributed by atoms with E-state index in [2.05, 4.69) is 5.32 Å². The van der Waals surface area contributed by atoms with Crippen LogP contribution in [-0.2, 0) is 6.54 Å². The maximum Gasteiger partial charge on any atom is 0.174 e. The summed E-state index contributed by atoms with van der Waals surface area (Å²) in [5, 5.41) is 11.3. The molecule has 2 rings (SSSR count). The third-order valence-electron chi connectivity index (χ3n) is 2.69. The molecule has 1 N–H and O–H groups in total. The van der Waals surface area contributed by atoms with Crippen LogP contribution in [0.2, 0.25) is 0 Å². The van der Waals surface area contributed by atoms with Gasteiger partial charge in [-0.25, -0.2) is 8.78 Å². The molecule has 0 spiro atoms. The van der Waals surface area contributed by atoms with E-state index in [1.165, 1.54) is 18.2 Å². The largest absolute Gasteiger partial charge is 0.479 e. The fraction of sp³-hybridized carbons (Fsp3) is 0.133. The molecule has 0 fully saturated rings. The molecule has 20 heavy (non-hydrogen) atoms. The Kier molecular flexibility index (Phi) is 4.51. The summed E-state index contributed by atoms with van der Waals surface area (Å²) in [6, 6.07) is 12.4. The third kappa shape index (κ3) is 3.45. The zero-order valence-corrected chi connectivity index (χ0v) is 10.6. The van der Waals surface area contributed by atoms with Gasteiger partial charge in [0.2, 0.25) is 0 Å². The molecule has 0 radical (unpaired) electrons. The van der Waals surface area contributed by atoms with E-state index in [4.69, 9.17) is 10.00 Å². The van der Waals surface area contributed by atoms with Crippen molar-refractivity contribution < 1.29 is 13.5 Å². The van der Waals surface area contributed by atoms with Gasteiger partial charge in [0, 0.05) is 17.8 Å². The highest BCUT2D eigenvalue weighted by Crippen LogP contribution is 2.18. The van der Waals surface area contributed by atoms with Crippen LogP contribution in [0.15, 0.2) is 42.5 Å². The van der Waals surface area contributed by atoms with Gasteiger partial charge >= 0.3 is 0 Å². The summed E-state index contributed by atoms with van der Waals surface area (Å²) in [6.45, 7) is 0.0319. The molecule has 0 bridgehead atoms. The first kappa shape index (κ1) is 13.8. The Morgan fingerprint density at radius 1 is 1.05 bits per heavy atom. The molecule has 102 valence electrons. The van der Waals surface area contributed by atoms with Gasteiger partial charge in [-0.15, -0.1) is 0 Å². The van der Waals surface area contributed by atoms with Crippen LogP contribution in [0.3, 0.4) is 0 Å². The van der Waals surface area contributed by atoms with E-state index in [0.29, 0.717) is 11.4 Å². The first-order valence-corrected chi connectivity index (χ1v) is 5.97. The van der Waals surface area contributed by atoms with Crippen molar-refractivity contribution in [3.05, 3.63) is 59.7 Å². The summed E-state index contributed by atoms with van der Waals surface area (Å²) in [6.07, 6.45) is 0. The van der Waals surface area contributed by atoms with Gasteiger partial charge in [-0.05, 0) is 36.4 Å². The van der Waals surface area contributed by atoms with Crippen LogP contribution in [0.25, 0.3) is 0 Å². The minimum atomic E-state index is -0.577. The second-order valence-corrected chi connectivity index (χ2v) is 4.02. The molecule has 0 saturated heterocycles. The third-order valence-corrected chi connectivity index (χ3v) is 2.69. The van der Waals surface area contributed by atoms with Crippen LogP contribution in [0.5, 0.6) is 5.75 Å². The molecular formula is C15H12F2N2O. The van der Waals surface area contributed by atoms with Crippen LogP contribution in [0.1, 0.15) is 5.56 Å². The predicted molar refractivity (Wildman–Crippen MR) is 71.2 cm³/mol. The number of nitriles is 1. The SMILES string of the molecule is N#CCOc1ccc(NCc2c(F)cccc2F)cc1. The maximum atomic E-state index is 13.4. The molecule has 0 aliphatic rings. The fourth-order valence-electron chi connectivity index (χ4n) is 1.68. The molecule has 0 aromatic heterocycles. The number of rotatable bonds is 5. The maximum absolute atomic E-state index is 13.4. The molecule has 0 heterocycles. The number of hydrogen-bond acceptors (Lipinski definition) is 3. The Morgan fingerprint density at radius 3 is 2.30 bits per heavy atom. The van der Waals surface area contributed by atoms with E-state index >= 15 is 0 Å². The van der Waals surface area contributed by atoms with Crippen molar-refractivity contribution in [3.63, 3.8) is 0 Å². The standard InChI is InChI=1S/C15H12F2N2O/c16-14-2-1-3-15(17)13(14)10-19-11-4-6-12(7-5-11)20-9-8-18/h1-7,19H,9-10H2. The molecule has 0 aliphatic heterocycles. The van der Waals surface area contributed by atoms with Gasteiger partial charge in [0.15, 0.2) is 6.61 Å². The first-order chi connectivity index (χ1) is 9.70. The highest BCUT2D eigenvalue weighted by Gasteiger charge is 2.07. The van der Waals surface area contributed by atoms with Crippen molar-refractivity contribution >= 4 is 5.69 Å². The molecule has 0 unspecified atom stereocenters. The summed E-state index contributed by atoms with van der Waals surface area (Å²) in [5.41, 5.74) is 0.703. The van der Waals surface area contributed by atoms with Crippen molar-refractivity contribution in [2.45, 2.75) is 6.54 Å². The van der Waals surface area contributed by atoms with E-state index in [9.17, 15) is 8.78 Å². The Bertz CT molecular complexity index is 601. The number of halogens is 2. The van der Waals surface area contributed by atoms with Crippen molar-refractivity contribution in [2.75, 3.05) is 11.9 Å². The number of hydrogen-bond donors (Lipinski definition) is 1. The summed E-state index contributed by atoms with van der Waals surface area (Å²) < 4.78 is 32.0. The molecule has 0 aliphatic carbocycles. The lowest BCUT2D eigenvalue weighted by molar-refractivity contribution is 0.368.